The topological polar surface area (TPSA) is 55.6 Å². The number of hydrogen-bond donors (Lipinski definition) is 1. The van der Waals surface area contributed by atoms with Crippen LogP contribution in [-0.2, 0) is 4.79 Å². The molecule has 0 heterocycles. The van der Waals surface area contributed by atoms with Gasteiger partial charge in [-0.3, -0.25) is 4.79 Å². The van der Waals surface area contributed by atoms with E-state index in [-0.39, 0.29) is 5.91 Å². The van der Waals surface area contributed by atoms with Crippen molar-refractivity contribution in [3.05, 3.63) is 29.8 Å². The molecule has 2 N–H and O–H groups in total. The minimum atomic E-state index is 0.118. The van der Waals surface area contributed by atoms with Crippen LogP contribution in [0.25, 0.3) is 0 Å². The van der Waals surface area contributed by atoms with Crippen LogP contribution in [-0.4, -0.2) is 37.6 Å². The second-order valence-electron chi connectivity index (χ2n) is 4.37. The van der Waals surface area contributed by atoms with E-state index in [0.717, 1.165) is 12.2 Å². The zero-order valence-electron chi connectivity index (χ0n) is 11.2. The molecule has 1 aromatic carbocycles. The molecule has 0 radical (unpaired) electrons. The molecule has 1 rings (SSSR count). The lowest BCUT2D eigenvalue weighted by Gasteiger charge is -2.17. The molecule has 100 valence electrons. The number of nitrogens with zero attached hydrogens (tertiary/aromatic N) is 1. The Morgan fingerprint density at radius 2 is 2.00 bits per heavy atom. The van der Waals surface area contributed by atoms with Crippen molar-refractivity contribution < 1.29 is 9.53 Å². The van der Waals surface area contributed by atoms with Crippen molar-refractivity contribution in [1.82, 2.24) is 4.90 Å². The predicted molar refractivity (Wildman–Crippen MR) is 72.6 cm³/mol. The Labute approximate surface area is 109 Å². The van der Waals surface area contributed by atoms with Crippen LogP contribution in [0.4, 0.5) is 0 Å². The molecule has 0 aliphatic rings. The zero-order chi connectivity index (χ0) is 13.4. The highest BCUT2D eigenvalue weighted by Gasteiger charge is 2.07. The lowest BCUT2D eigenvalue weighted by Crippen LogP contribution is -2.31. The summed E-state index contributed by atoms with van der Waals surface area (Å²) >= 11 is 0. The van der Waals surface area contributed by atoms with Gasteiger partial charge in [0.2, 0.25) is 5.91 Å². The van der Waals surface area contributed by atoms with Gasteiger partial charge < -0.3 is 15.4 Å². The van der Waals surface area contributed by atoms with Gasteiger partial charge in [-0.25, -0.2) is 0 Å². The average molecular weight is 250 g/mol. The van der Waals surface area contributed by atoms with E-state index in [9.17, 15) is 4.79 Å². The van der Waals surface area contributed by atoms with Crippen LogP contribution in [0.3, 0.4) is 0 Å². The standard InChI is InChI=1S/C14H22N2O2/c1-12-5-7-13(8-6-12)18-11-10-16(2)14(17)4-3-9-15/h5-8H,3-4,9-11,15H2,1-2H3. The van der Waals surface area contributed by atoms with E-state index in [4.69, 9.17) is 10.5 Å². The molecular weight excluding hydrogens is 228 g/mol. The monoisotopic (exact) mass is 250 g/mol. The summed E-state index contributed by atoms with van der Waals surface area (Å²) < 4.78 is 5.57. The first kappa shape index (κ1) is 14.5. The summed E-state index contributed by atoms with van der Waals surface area (Å²) in [5, 5.41) is 0. The Morgan fingerprint density at radius 1 is 1.33 bits per heavy atom. The Bertz CT molecular complexity index is 363. The fraction of sp³-hybridized carbons (Fsp3) is 0.500. The summed E-state index contributed by atoms with van der Waals surface area (Å²) in [6, 6.07) is 7.88. The minimum absolute atomic E-state index is 0.118. The smallest absolute Gasteiger partial charge is 0.222 e. The molecule has 0 unspecified atom stereocenters. The number of likely N-dealkylation sites (N-methyl/N-ethyl adjacent to an activating group) is 1. The van der Waals surface area contributed by atoms with Crippen LogP contribution in [0.5, 0.6) is 5.75 Å². The molecular formula is C14H22N2O2. The number of carbonyl (C=O) groups is 1. The summed E-state index contributed by atoms with van der Waals surface area (Å²) in [4.78, 5) is 13.3. The number of carbonyl (C=O) groups excluding carboxylic acids is 1. The number of hydrogen-bond acceptors (Lipinski definition) is 3. The van der Waals surface area contributed by atoms with E-state index >= 15 is 0 Å². The van der Waals surface area contributed by atoms with E-state index in [0.29, 0.717) is 26.1 Å². The van der Waals surface area contributed by atoms with E-state index in [2.05, 4.69) is 0 Å². The fourth-order valence-corrected chi connectivity index (χ4v) is 1.50. The first-order valence-electron chi connectivity index (χ1n) is 6.27. The van der Waals surface area contributed by atoms with Gasteiger partial charge in [-0.2, -0.15) is 0 Å². The molecule has 0 fully saturated rings. The Morgan fingerprint density at radius 3 is 2.61 bits per heavy atom. The summed E-state index contributed by atoms with van der Waals surface area (Å²) in [6.45, 7) is 3.69. The number of aryl methyl sites for hydroxylation is 1. The first-order chi connectivity index (χ1) is 8.63. The van der Waals surface area contributed by atoms with Crippen molar-refractivity contribution in [3.63, 3.8) is 0 Å². The van der Waals surface area contributed by atoms with Gasteiger partial charge in [-0.1, -0.05) is 17.7 Å². The lowest BCUT2D eigenvalue weighted by molar-refractivity contribution is -0.130. The van der Waals surface area contributed by atoms with Crippen LogP contribution < -0.4 is 10.5 Å². The maximum atomic E-state index is 11.6. The van der Waals surface area contributed by atoms with Gasteiger partial charge in [-0.15, -0.1) is 0 Å². The Kier molecular flexibility index (Phi) is 6.22. The van der Waals surface area contributed by atoms with Crippen LogP contribution in [0.1, 0.15) is 18.4 Å². The molecule has 0 spiro atoms. The maximum Gasteiger partial charge on any atom is 0.222 e. The van der Waals surface area contributed by atoms with E-state index < -0.39 is 0 Å². The van der Waals surface area contributed by atoms with Gasteiger partial charge in [0.25, 0.3) is 0 Å². The molecule has 0 saturated heterocycles. The summed E-state index contributed by atoms with van der Waals surface area (Å²) in [6.07, 6.45) is 1.25. The third kappa shape index (κ3) is 5.19. The SMILES string of the molecule is Cc1ccc(OCCN(C)C(=O)CCCN)cc1. The Balaban J connectivity index is 2.24. The van der Waals surface area contributed by atoms with E-state index in [1.807, 2.05) is 31.2 Å². The second-order valence-corrected chi connectivity index (χ2v) is 4.37. The molecule has 0 aromatic heterocycles. The molecule has 18 heavy (non-hydrogen) atoms. The molecule has 0 saturated carbocycles. The number of amides is 1. The van der Waals surface area contributed by atoms with Crippen LogP contribution >= 0.6 is 0 Å². The largest absolute Gasteiger partial charge is 0.492 e. The molecule has 4 heteroatoms. The van der Waals surface area contributed by atoms with Crippen molar-refractivity contribution in [1.29, 1.82) is 0 Å². The van der Waals surface area contributed by atoms with Gasteiger partial charge >= 0.3 is 0 Å². The third-order valence-corrected chi connectivity index (χ3v) is 2.74. The van der Waals surface area contributed by atoms with Crippen molar-refractivity contribution in [2.75, 3.05) is 26.7 Å². The normalized spacial score (nSPS) is 10.2. The second kappa shape index (κ2) is 7.71. The average Bonchev–Trinajstić information content (AvgIpc) is 2.38. The first-order valence-corrected chi connectivity index (χ1v) is 6.27. The van der Waals surface area contributed by atoms with Crippen LogP contribution in [0.15, 0.2) is 24.3 Å². The number of nitrogens with two attached hydrogens (primary N) is 1. The maximum absolute atomic E-state index is 11.6. The quantitative estimate of drug-likeness (QED) is 0.799. The van der Waals surface area contributed by atoms with Crippen molar-refractivity contribution in [3.8, 4) is 5.75 Å². The molecule has 1 aromatic rings. The van der Waals surface area contributed by atoms with Crippen molar-refractivity contribution in [2.45, 2.75) is 19.8 Å². The highest BCUT2D eigenvalue weighted by molar-refractivity contribution is 5.75. The summed E-state index contributed by atoms with van der Waals surface area (Å²) in [7, 11) is 1.79. The molecule has 0 aliphatic carbocycles. The molecule has 0 atom stereocenters. The summed E-state index contributed by atoms with van der Waals surface area (Å²) in [5.41, 5.74) is 6.57. The molecule has 0 aliphatic heterocycles. The lowest BCUT2D eigenvalue weighted by atomic mass is 10.2. The van der Waals surface area contributed by atoms with Gasteiger partial charge in [0, 0.05) is 13.5 Å². The highest BCUT2D eigenvalue weighted by atomic mass is 16.5. The van der Waals surface area contributed by atoms with Gasteiger partial charge in [-0.05, 0) is 32.0 Å². The Hall–Kier alpha value is -1.55. The fourth-order valence-electron chi connectivity index (χ4n) is 1.50. The molecule has 1 amide bonds. The van der Waals surface area contributed by atoms with Gasteiger partial charge in [0.1, 0.15) is 12.4 Å². The predicted octanol–water partition coefficient (Wildman–Crippen LogP) is 1.57. The van der Waals surface area contributed by atoms with Crippen molar-refractivity contribution >= 4 is 5.91 Å². The highest BCUT2D eigenvalue weighted by Crippen LogP contribution is 2.11. The minimum Gasteiger partial charge on any atom is -0.492 e. The van der Waals surface area contributed by atoms with Gasteiger partial charge in [0.05, 0.1) is 6.54 Å². The number of rotatable bonds is 7. The van der Waals surface area contributed by atoms with Crippen LogP contribution in [0, 0.1) is 6.92 Å². The number of benzene rings is 1. The van der Waals surface area contributed by atoms with Crippen molar-refractivity contribution in [2.24, 2.45) is 5.73 Å². The zero-order valence-corrected chi connectivity index (χ0v) is 11.2. The molecule has 0 bridgehead atoms. The van der Waals surface area contributed by atoms with E-state index in [1.165, 1.54) is 5.56 Å². The number of ether oxygens (including phenoxy) is 1. The van der Waals surface area contributed by atoms with E-state index in [1.54, 1.807) is 11.9 Å². The van der Waals surface area contributed by atoms with Gasteiger partial charge in [0.15, 0.2) is 0 Å². The third-order valence-electron chi connectivity index (χ3n) is 2.74. The summed E-state index contributed by atoms with van der Waals surface area (Å²) in [5.74, 6) is 0.955. The molecule has 4 nitrogen and oxygen atoms in total. The van der Waals surface area contributed by atoms with Crippen LogP contribution in [0.2, 0.25) is 0 Å².